The quantitative estimate of drug-likeness (QED) is 0.607. The van der Waals surface area contributed by atoms with Crippen LogP contribution in [0.4, 0.5) is 0 Å². The van der Waals surface area contributed by atoms with E-state index in [1.807, 2.05) is 0 Å². The molecule has 0 aliphatic carbocycles. The molecule has 1 fully saturated rings. The van der Waals surface area contributed by atoms with Crippen molar-refractivity contribution in [2.24, 2.45) is 16.9 Å². The topological polar surface area (TPSA) is 15.6 Å². The third kappa shape index (κ3) is 3.60. The maximum atomic E-state index is 5.08. The van der Waals surface area contributed by atoms with E-state index in [-0.39, 0.29) is 0 Å². The van der Waals surface area contributed by atoms with Gasteiger partial charge in [-0.15, -0.1) is 0 Å². The van der Waals surface area contributed by atoms with Gasteiger partial charge < -0.3 is 0 Å². The van der Waals surface area contributed by atoms with Crippen LogP contribution in [0.5, 0.6) is 0 Å². The lowest BCUT2D eigenvalue weighted by atomic mass is 9.99. The first-order valence-corrected chi connectivity index (χ1v) is 8.68. The second-order valence-electron chi connectivity index (χ2n) is 6.55. The molecule has 1 aliphatic rings. The number of nitrogens with zero attached hydrogens (tertiary/aromatic N) is 2. The van der Waals surface area contributed by atoms with Gasteiger partial charge >= 0.3 is 0 Å². The molecule has 0 spiro atoms. The van der Waals surface area contributed by atoms with Crippen molar-refractivity contribution in [1.82, 2.24) is 5.01 Å². The van der Waals surface area contributed by atoms with Gasteiger partial charge in [-0.25, -0.2) is 0 Å². The molecule has 2 heteroatoms. The summed E-state index contributed by atoms with van der Waals surface area (Å²) in [7, 11) is 0. The molecule has 0 amide bonds. The van der Waals surface area contributed by atoms with Crippen molar-refractivity contribution in [2.75, 3.05) is 0 Å². The average molecular weight is 298 g/mol. The molecule has 0 saturated carbocycles. The molecule has 1 heterocycles. The van der Waals surface area contributed by atoms with Crippen molar-refractivity contribution in [3.63, 3.8) is 0 Å². The molecule has 0 aromatic heterocycles. The second-order valence-corrected chi connectivity index (χ2v) is 6.55. The van der Waals surface area contributed by atoms with E-state index in [2.05, 4.69) is 69.6 Å². The fraction of sp³-hybridized carbons (Fsp3) is 0.550. The highest BCUT2D eigenvalue weighted by Gasteiger charge is 2.34. The van der Waals surface area contributed by atoms with E-state index >= 15 is 0 Å². The summed E-state index contributed by atoms with van der Waals surface area (Å²) in [6.07, 6.45) is 4.47. The smallest absolute Gasteiger partial charge is 0.0777 e. The second kappa shape index (κ2) is 7.62. The van der Waals surface area contributed by atoms with Gasteiger partial charge in [-0.3, -0.25) is 5.01 Å². The van der Waals surface area contributed by atoms with Gasteiger partial charge in [-0.2, -0.15) is 5.10 Å². The highest BCUT2D eigenvalue weighted by molar-refractivity contribution is 5.86. The lowest BCUT2D eigenvalue weighted by Crippen LogP contribution is -2.21. The lowest BCUT2D eigenvalue weighted by Gasteiger charge is -2.25. The van der Waals surface area contributed by atoms with Crippen LogP contribution in [-0.4, -0.2) is 10.7 Å². The molecule has 1 aromatic carbocycles. The first-order valence-electron chi connectivity index (χ1n) is 8.68. The summed E-state index contributed by atoms with van der Waals surface area (Å²) in [5.41, 5.74) is 3.82. The maximum absolute atomic E-state index is 5.08. The standard InChI is InChI=1S/C20H30N2/c1-6-11-19(15(3)7-2)21-22-17(5)16(4)14-20(22)18-12-9-8-10-13-18/h8-10,12-13,15-16,20H,5-7,11,14H2,1-4H3/b21-19+/t15?,16-,20?/m0/s1. The highest BCUT2D eigenvalue weighted by Crippen LogP contribution is 2.41. The molecule has 1 saturated heterocycles. The summed E-state index contributed by atoms with van der Waals surface area (Å²) >= 11 is 0. The van der Waals surface area contributed by atoms with Crippen molar-refractivity contribution in [2.45, 2.75) is 59.4 Å². The van der Waals surface area contributed by atoms with Gasteiger partial charge in [-0.05, 0) is 36.7 Å². The van der Waals surface area contributed by atoms with Gasteiger partial charge in [0.25, 0.3) is 0 Å². The highest BCUT2D eigenvalue weighted by atomic mass is 15.5. The Balaban J connectivity index is 2.33. The van der Waals surface area contributed by atoms with E-state index in [1.54, 1.807) is 0 Å². The first-order chi connectivity index (χ1) is 10.6. The fourth-order valence-electron chi connectivity index (χ4n) is 3.11. The van der Waals surface area contributed by atoms with Crippen molar-refractivity contribution in [3.8, 4) is 0 Å². The van der Waals surface area contributed by atoms with Gasteiger partial charge in [-0.1, -0.05) is 71.0 Å². The zero-order valence-electron chi connectivity index (χ0n) is 14.5. The monoisotopic (exact) mass is 298 g/mol. The van der Waals surface area contributed by atoms with Crippen LogP contribution in [0.15, 0.2) is 47.7 Å². The van der Waals surface area contributed by atoms with Crippen LogP contribution < -0.4 is 0 Å². The summed E-state index contributed by atoms with van der Waals surface area (Å²) in [6.45, 7) is 13.3. The molecule has 0 radical (unpaired) electrons. The van der Waals surface area contributed by atoms with Crippen molar-refractivity contribution in [3.05, 3.63) is 48.2 Å². The van der Waals surface area contributed by atoms with Crippen LogP contribution in [0.2, 0.25) is 0 Å². The number of hydrazone groups is 1. The molecule has 2 nitrogen and oxygen atoms in total. The lowest BCUT2D eigenvalue weighted by molar-refractivity contribution is 0.311. The van der Waals surface area contributed by atoms with Crippen LogP contribution in [0, 0.1) is 11.8 Å². The molecule has 2 unspecified atom stereocenters. The van der Waals surface area contributed by atoms with E-state index in [4.69, 9.17) is 5.10 Å². The Hall–Kier alpha value is -1.57. The van der Waals surface area contributed by atoms with Crippen LogP contribution >= 0.6 is 0 Å². The summed E-state index contributed by atoms with van der Waals surface area (Å²) < 4.78 is 0. The number of rotatable bonds is 6. The van der Waals surface area contributed by atoms with E-state index in [0.717, 1.165) is 31.4 Å². The normalized spacial score (nSPS) is 23.9. The largest absolute Gasteiger partial charge is 0.263 e. The third-order valence-corrected chi connectivity index (χ3v) is 4.84. The minimum Gasteiger partial charge on any atom is -0.263 e. The molecule has 3 atom stereocenters. The Morgan fingerprint density at radius 1 is 1.32 bits per heavy atom. The third-order valence-electron chi connectivity index (χ3n) is 4.84. The minimum atomic E-state index is 0.333. The Kier molecular flexibility index (Phi) is 5.82. The summed E-state index contributed by atoms with van der Waals surface area (Å²) in [5, 5.41) is 7.28. The van der Waals surface area contributed by atoms with Gasteiger partial charge in [0.05, 0.1) is 6.04 Å². The Morgan fingerprint density at radius 2 is 2.00 bits per heavy atom. The summed E-state index contributed by atoms with van der Waals surface area (Å²) in [5.74, 6) is 1.04. The SMILES string of the molecule is C=C1[C@@H](C)CC(c2ccccc2)N1/N=C(\CCC)C(C)CC. The summed E-state index contributed by atoms with van der Waals surface area (Å²) in [6, 6.07) is 11.1. The van der Waals surface area contributed by atoms with Crippen molar-refractivity contribution < 1.29 is 0 Å². The molecule has 1 aliphatic heterocycles. The predicted molar refractivity (Wildman–Crippen MR) is 95.7 cm³/mol. The average Bonchev–Trinajstić information content (AvgIpc) is 2.82. The van der Waals surface area contributed by atoms with E-state index in [1.165, 1.54) is 11.3 Å². The first kappa shape index (κ1) is 16.8. The van der Waals surface area contributed by atoms with Crippen LogP contribution in [0.3, 0.4) is 0 Å². The zero-order valence-corrected chi connectivity index (χ0v) is 14.5. The molecule has 120 valence electrons. The minimum absolute atomic E-state index is 0.333. The van der Waals surface area contributed by atoms with Gasteiger partial charge in [0.1, 0.15) is 0 Å². The van der Waals surface area contributed by atoms with Gasteiger partial charge in [0.15, 0.2) is 0 Å². The molecule has 1 aromatic rings. The van der Waals surface area contributed by atoms with E-state index in [0.29, 0.717) is 17.9 Å². The van der Waals surface area contributed by atoms with Crippen LogP contribution in [0.1, 0.15) is 65.0 Å². The van der Waals surface area contributed by atoms with Crippen molar-refractivity contribution in [1.29, 1.82) is 0 Å². The van der Waals surface area contributed by atoms with Gasteiger partial charge in [0, 0.05) is 11.4 Å². The number of hydrogen-bond donors (Lipinski definition) is 0. The number of hydrogen-bond acceptors (Lipinski definition) is 2. The molecular formula is C20H30N2. The maximum Gasteiger partial charge on any atom is 0.0777 e. The Bertz CT molecular complexity index is 518. The predicted octanol–water partition coefficient (Wildman–Crippen LogP) is 5.79. The van der Waals surface area contributed by atoms with Crippen LogP contribution in [0.25, 0.3) is 0 Å². The van der Waals surface area contributed by atoms with E-state index < -0.39 is 0 Å². The zero-order chi connectivity index (χ0) is 16.1. The van der Waals surface area contributed by atoms with Gasteiger partial charge in [0.2, 0.25) is 0 Å². The molecular weight excluding hydrogens is 268 g/mol. The Labute approximate surface area is 135 Å². The molecule has 22 heavy (non-hydrogen) atoms. The van der Waals surface area contributed by atoms with E-state index in [9.17, 15) is 0 Å². The van der Waals surface area contributed by atoms with Crippen LogP contribution in [-0.2, 0) is 0 Å². The summed E-state index contributed by atoms with van der Waals surface area (Å²) in [4.78, 5) is 0. The fourth-order valence-corrected chi connectivity index (χ4v) is 3.11. The molecule has 0 bridgehead atoms. The Morgan fingerprint density at radius 3 is 2.59 bits per heavy atom. The number of allylic oxidation sites excluding steroid dienone is 1. The molecule has 2 rings (SSSR count). The molecule has 0 N–H and O–H groups in total. The number of benzene rings is 1. The van der Waals surface area contributed by atoms with Crippen molar-refractivity contribution >= 4 is 5.71 Å².